The fourth-order valence-electron chi connectivity index (χ4n) is 15.6. The predicted molar refractivity (Wildman–Crippen MR) is 554 cm³/mol. The van der Waals surface area contributed by atoms with Crippen LogP contribution in [0.1, 0.15) is 185 Å². The molecule has 9 aromatic carbocycles. The Labute approximate surface area is 800 Å². The smallest absolute Gasteiger partial charge is 0.261 e. The van der Waals surface area contributed by atoms with Crippen molar-refractivity contribution >= 4 is 29.3 Å². The highest BCUT2D eigenvalue weighted by Crippen LogP contribution is 2.39. The molecule has 23 heteroatoms. The van der Waals surface area contributed by atoms with Crippen LogP contribution in [0.2, 0.25) is 0 Å². The van der Waals surface area contributed by atoms with E-state index in [0.717, 1.165) is 147 Å². The first kappa shape index (κ1) is 98.8. The van der Waals surface area contributed by atoms with Crippen molar-refractivity contribution in [1.82, 2.24) is 60.1 Å². The van der Waals surface area contributed by atoms with Gasteiger partial charge in [0.1, 0.15) is 41.0 Å². The van der Waals surface area contributed by atoms with Crippen molar-refractivity contribution in [3.05, 3.63) is 359 Å². The molecule has 2 amide bonds. The van der Waals surface area contributed by atoms with Crippen LogP contribution in [0.5, 0.6) is 17.2 Å². The maximum Gasteiger partial charge on any atom is 0.261 e. The zero-order valence-corrected chi connectivity index (χ0v) is 80.7. The highest BCUT2D eigenvalue weighted by molar-refractivity contribution is 6.11. The van der Waals surface area contributed by atoms with Crippen LogP contribution >= 0.6 is 0 Å². The van der Waals surface area contributed by atoms with E-state index in [1.807, 2.05) is 246 Å². The molecular weight excluding hydrogens is 1710 g/mol. The van der Waals surface area contributed by atoms with Crippen molar-refractivity contribution in [1.29, 1.82) is 0 Å². The highest BCUT2D eigenvalue weighted by atomic mass is 16.5. The second-order valence-corrected chi connectivity index (χ2v) is 35.1. The summed E-state index contributed by atoms with van der Waals surface area (Å²) in [5, 5.41) is 23.8. The predicted octanol–water partition coefficient (Wildman–Crippen LogP) is 25.3. The molecule has 7 heterocycles. The molecule has 702 valence electrons. The van der Waals surface area contributed by atoms with Gasteiger partial charge in [0.15, 0.2) is 11.6 Å². The van der Waals surface area contributed by atoms with E-state index < -0.39 is 22.9 Å². The summed E-state index contributed by atoms with van der Waals surface area (Å²) >= 11 is 0. The number of rotatable bonds is 32. The molecule has 0 aliphatic heterocycles. The van der Waals surface area contributed by atoms with Crippen molar-refractivity contribution in [2.45, 2.75) is 173 Å². The van der Waals surface area contributed by atoms with Crippen molar-refractivity contribution < 1.29 is 23.8 Å². The Morgan fingerprint density at radius 1 is 0.409 bits per heavy atom. The minimum absolute atomic E-state index is 0.00948. The number of hydrogen-bond acceptors (Lipinski definition) is 14. The summed E-state index contributed by atoms with van der Waals surface area (Å²) in [7, 11) is 0. The van der Waals surface area contributed by atoms with Crippen LogP contribution in [0.15, 0.2) is 281 Å². The van der Waals surface area contributed by atoms with Crippen LogP contribution in [0, 0.1) is 34.6 Å². The minimum atomic E-state index is -0.448. The van der Waals surface area contributed by atoms with Gasteiger partial charge in [0.2, 0.25) is 0 Å². The molecule has 0 radical (unpaired) electrons. The van der Waals surface area contributed by atoms with Gasteiger partial charge in [-0.3, -0.25) is 43.6 Å². The number of carbonyl (C=O) groups is 2. The molecule has 0 atom stereocenters. The Hall–Kier alpha value is -15.7. The number of nitrogens with one attached hydrogen (secondary N) is 8. The van der Waals surface area contributed by atoms with Gasteiger partial charge in [-0.1, -0.05) is 225 Å². The van der Waals surface area contributed by atoms with Crippen LogP contribution in [0.4, 0.5) is 11.4 Å². The fourth-order valence-corrected chi connectivity index (χ4v) is 15.6. The number of H-pyrrole nitrogens is 6. The number of amides is 2. The lowest BCUT2D eigenvalue weighted by molar-refractivity contribution is 0.101. The van der Waals surface area contributed by atoms with Gasteiger partial charge < -0.3 is 44.8 Å². The summed E-state index contributed by atoms with van der Waals surface area (Å²) in [5.41, 5.74) is 22.3. The van der Waals surface area contributed by atoms with Gasteiger partial charge in [-0.05, 0) is 269 Å². The number of aromatic nitrogens is 12. The average Bonchev–Trinajstić information content (AvgIpc) is 1.71. The Kier molecular flexibility index (Phi) is 34.1. The molecule has 7 aromatic heterocycles. The molecule has 23 nitrogen and oxygen atoms in total. The number of aryl methyl sites for hydroxylation is 7. The molecule has 137 heavy (non-hydrogen) atoms. The van der Waals surface area contributed by atoms with Gasteiger partial charge >= 0.3 is 0 Å². The highest BCUT2D eigenvalue weighted by Gasteiger charge is 2.27. The molecule has 16 rings (SSSR count). The van der Waals surface area contributed by atoms with Crippen molar-refractivity contribution in [2.24, 2.45) is 0 Å². The number of anilines is 2. The van der Waals surface area contributed by atoms with E-state index in [1.165, 1.54) is 48.6 Å². The van der Waals surface area contributed by atoms with Crippen molar-refractivity contribution in [3.8, 4) is 130 Å². The maximum atomic E-state index is 13.6. The van der Waals surface area contributed by atoms with E-state index in [-0.39, 0.29) is 27.7 Å². The van der Waals surface area contributed by atoms with Crippen LogP contribution in [-0.2, 0) is 18.4 Å². The Morgan fingerprint density at radius 3 is 1.28 bits per heavy atom. The van der Waals surface area contributed by atoms with E-state index in [0.29, 0.717) is 93.4 Å². The zero-order chi connectivity index (χ0) is 97.1. The second kappa shape index (κ2) is 47.3. The van der Waals surface area contributed by atoms with Crippen LogP contribution < -0.4 is 47.1 Å². The summed E-state index contributed by atoms with van der Waals surface area (Å²) in [6.45, 7) is 32.0. The zero-order valence-electron chi connectivity index (χ0n) is 80.7. The Balaban J connectivity index is 0.000000155. The third-order valence-electron chi connectivity index (χ3n) is 23.6. The monoisotopic (exact) mass is 1830 g/mol. The van der Waals surface area contributed by atoms with Crippen molar-refractivity contribution in [2.75, 3.05) is 30.5 Å². The van der Waals surface area contributed by atoms with Gasteiger partial charge in [0.25, 0.3) is 34.1 Å². The van der Waals surface area contributed by atoms with E-state index >= 15 is 0 Å². The molecule has 0 bridgehead atoms. The molecule has 0 fully saturated rings. The quantitative estimate of drug-likeness (QED) is 0.0182. The van der Waals surface area contributed by atoms with Gasteiger partial charge in [0, 0.05) is 69.0 Å². The molecule has 8 N–H and O–H groups in total. The molecule has 0 saturated heterocycles. The van der Waals surface area contributed by atoms with Crippen LogP contribution in [0.3, 0.4) is 0 Å². The number of hydrogen-bond donors (Lipinski definition) is 8. The number of carbonyl (C=O) groups excluding carboxylic acids is 2. The fraction of sp³-hybridized carbons (Fsp3) is 0.254. The number of ether oxygens (including phenoxy) is 3. The standard InChI is InChI=1S/C34H36N2O2.C33H36N2O3.C25H26N4O2.C22H24N6O2/c1-5-7-8-10-25-15-19-27(20-16-25)32-29(9-6-2)30(26-17-11-23(3)12-18-26)31(34(38)36-32)33(37)35-28-21-13-24(4)14-22-28;1-6-7-20-38-27-18-12-24(13-19-27)29-21-28(23-10-14-25(15-11-23)33(3,4)5)30(32(37)35-29)31(36)34-26-16-8-22(2)9-17-26;1-4-5-12-31-20-10-8-18(9-11-20)22-14-21(19-7-6-16(2)17(3)13-19)23(25(30)28-22)24-26-15-27-29-24;1-3-5-12-30-16-8-6-15(7-9-16)19-13-17(18-10-11-28(4-2)27-18)20(22(29)25-19)21-23-14-24-26-21/h6,9,11-22H,5,7-8,10H2,1-4H3,(H,35,37)(H,36,38);8-19,21H,6-7,20H2,1-5H3,(H,34,36)(H,35,37);6-11,13-15H,4-5,12H2,1-3H3,(H,28,30)(H,26,27,29);6-11,13-14H,3-5,12H2,1-2H3,(H,25,29)(H,23,24,26)/b9-6+;;;. The first-order valence-corrected chi connectivity index (χ1v) is 47.1. The summed E-state index contributed by atoms with van der Waals surface area (Å²) in [6, 6.07) is 76.5. The lowest BCUT2D eigenvalue weighted by atomic mass is 9.86. The van der Waals surface area contributed by atoms with E-state index in [4.69, 9.17) is 14.2 Å². The molecule has 0 unspecified atom stereocenters. The molecular formula is C114H122N14O9. The largest absolute Gasteiger partial charge is 0.494 e. The van der Waals surface area contributed by atoms with Gasteiger partial charge in [-0.25, -0.2) is 9.97 Å². The van der Waals surface area contributed by atoms with E-state index in [9.17, 15) is 28.8 Å². The van der Waals surface area contributed by atoms with Crippen LogP contribution in [0.25, 0.3) is 119 Å². The molecule has 0 aliphatic carbocycles. The SMILES string of the molecule is C/C=C/c1c(-c2ccc(CCCCC)cc2)[nH]c(=O)c(C(=O)Nc2ccc(C)cc2)c1-c1ccc(C)cc1.CCCCOc1ccc(-c2cc(-c3ccc(C(C)(C)C)cc3)c(C(=O)Nc3ccc(C)cc3)c(=O)[nH]2)cc1.CCCCOc1ccc(-c2cc(-c3ccc(C)c(C)c3)c(-c3ncn[nH]3)c(=O)[nH]2)cc1.CCCCOc1ccc(-c2cc(-c3ccn(CC)n3)c(-c3ncn[nH]3)c(=O)[nH]2)cc1. The third-order valence-corrected chi connectivity index (χ3v) is 23.6. The topological polar surface area (TPSA) is 318 Å². The van der Waals surface area contributed by atoms with E-state index in [1.54, 1.807) is 0 Å². The molecule has 0 aliphatic rings. The number of benzene rings is 9. The summed E-state index contributed by atoms with van der Waals surface area (Å²) in [6.07, 6.45) is 19.5. The first-order valence-electron chi connectivity index (χ1n) is 47.1. The summed E-state index contributed by atoms with van der Waals surface area (Å²) < 4.78 is 19.1. The lowest BCUT2D eigenvalue weighted by Gasteiger charge is -2.19. The number of allylic oxidation sites excluding steroid dienone is 1. The Morgan fingerprint density at radius 2 is 0.832 bits per heavy atom. The normalized spacial score (nSPS) is 11.1. The average molecular weight is 1830 g/mol. The van der Waals surface area contributed by atoms with Gasteiger partial charge in [-0.15, -0.1) is 0 Å². The summed E-state index contributed by atoms with van der Waals surface area (Å²) in [4.78, 5) is 101. The number of unbranched alkanes of at least 4 members (excludes halogenated alkanes) is 5. The van der Waals surface area contributed by atoms with Gasteiger partial charge in [-0.2, -0.15) is 15.3 Å². The van der Waals surface area contributed by atoms with Crippen molar-refractivity contribution in [3.63, 3.8) is 0 Å². The second-order valence-electron chi connectivity index (χ2n) is 35.1. The van der Waals surface area contributed by atoms with Gasteiger partial charge in [0.05, 0.1) is 42.3 Å². The molecule has 16 aromatic rings. The maximum absolute atomic E-state index is 13.6. The summed E-state index contributed by atoms with van der Waals surface area (Å²) in [5.74, 6) is 2.40. The lowest BCUT2D eigenvalue weighted by Crippen LogP contribution is -2.26. The van der Waals surface area contributed by atoms with E-state index in [2.05, 4.69) is 177 Å². The minimum Gasteiger partial charge on any atom is -0.494 e. The number of pyridine rings is 4. The van der Waals surface area contributed by atoms with Crippen LogP contribution in [-0.4, -0.2) is 91.7 Å². The number of aromatic amines is 6. The first-order chi connectivity index (χ1) is 66.3. The third kappa shape index (κ3) is 25.9. The Bertz CT molecular complexity index is 6990. The molecule has 0 saturated carbocycles. The number of nitrogens with zero attached hydrogens (tertiary/aromatic N) is 6. The molecule has 0 spiro atoms.